The van der Waals surface area contributed by atoms with Crippen LogP contribution in [0.2, 0.25) is 0 Å². The molecule has 0 bridgehead atoms. The lowest BCUT2D eigenvalue weighted by Crippen LogP contribution is -2.35. The monoisotopic (exact) mass is 189 g/mol. The fourth-order valence-electron chi connectivity index (χ4n) is 0.783. The summed E-state index contributed by atoms with van der Waals surface area (Å²) in [4.78, 5) is 10.4. The first-order valence-corrected chi connectivity index (χ1v) is 4.72. The van der Waals surface area contributed by atoms with E-state index in [1.54, 1.807) is 6.92 Å². The molecule has 0 aromatic heterocycles. The molecule has 0 aliphatic carbocycles. The van der Waals surface area contributed by atoms with E-state index in [0.717, 1.165) is 19.4 Å². The first-order valence-electron chi connectivity index (χ1n) is 4.72. The predicted octanol–water partition coefficient (Wildman–Crippen LogP) is 0.866. The van der Waals surface area contributed by atoms with Crippen molar-refractivity contribution in [1.82, 2.24) is 5.32 Å². The summed E-state index contributed by atoms with van der Waals surface area (Å²) >= 11 is 0. The molecule has 2 N–H and O–H groups in total. The van der Waals surface area contributed by atoms with E-state index in [9.17, 15) is 4.79 Å². The lowest BCUT2D eigenvalue weighted by atomic mass is 10.3. The zero-order chi connectivity index (χ0) is 10.1. The van der Waals surface area contributed by atoms with Gasteiger partial charge in [-0.3, -0.25) is 4.79 Å². The Morgan fingerprint density at radius 3 is 2.77 bits per heavy atom. The number of carbonyl (C=O) groups is 1. The molecule has 0 saturated heterocycles. The van der Waals surface area contributed by atoms with Gasteiger partial charge in [-0.2, -0.15) is 0 Å². The van der Waals surface area contributed by atoms with Crippen molar-refractivity contribution in [3.05, 3.63) is 0 Å². The van der Waals surface area contributed by atoms with Crippen molar-refractivity contribution in [1.29, 1.82) is 0 Å². The van der Waals surface area contributed by atoms with Crippen molar-refractivity contribution in [2.75, 3.05) is 19.8 Å². The molecule has 4 heteroatoms. The topological polar surface area (TPSA) is 58.6 Å². The molecule has 13 heavy (non-hydrogen) atoms. The van der Waals surface area contributed by atoms with Crippen LogP contribution in [0.15, 0.2) is 0 Å². The number of hydrogen-bond donors (Lipinski definition) is 2. The van der Waals surface area contributed by atoms with Crippen LogP contribution in [-0.2, 0) is 9.53 Å². The third-order valence-electron chi connectivity index (χ3n) is 1.71. The van der Waals surface area contributed by atoms with Crippen molar-refractivity contribution < 1.29 is 14.6 Å². The van der Waals surface area contributed by atoms with Gasteiger partial charge in [0.25, 0.3) is 0 Å². The molecule has 0 rings (SSSR count). The van der Waals surface area contributed by atoms with Gasteiger partial charge in [0, 0.05) is 13.2 Å². The van der Waals surface area contributed by atoms with E-state index in [-0.39, 0.29) is 0 Å². The van der Waals surface area contributed by atoms with Crippen LogP contribution in [0.4, 0.5) is 0 Å². The highest BCUT2D eigenvalue weighted by Crippen LogP contribution is 1.87. The Balaban J connectivity index is 3.11. The molecular weight excluding hydrogens is 170 g/mol. The largest absolute Gasteiger partial charge is 0.480 e. The Kier molecular flexibility index (Phi) is 7.63. The number of carboxylic acids is 1. The van der Waals surface area contributed by atoms with Crippen molar-refractivity contribution in [3.63, 3.8) is 0 Å². The minimum absolute atomic E-state index is 0.491. The van der Waals surface area contributed by atoms with E-state index in [2.05, 4.69) is 12.2 Å². The second kappa shape index (κ2) is 8.01. The Labute approximate surface area is 79.3 Å². The average molecular weight is 189 g/mol. The normalized spacial score (nSPS) is 12.8. The Hall–Kier alpha value is -0.610. The van der Waals surface area contributed by atoms with E-state index < -0.39 is 12.0 Å². The zero-order valence-corrected chi connectivity index (χ0v) is 8.38. The molecule has 0 aliphatic rings. The predicted molar refractivity (Wildman–Crippen MR) is 50.8 cm³/mol. The summed E-state index contributed by atoms with van der Waals surface area (Å²) < 4.78 is 5.25. The summed E-state index contributed by atoms with van der Waals surface area (Å²) in [6.45, 7) is 5.66. The van der Waals surface area contributed by atoms with Crippen LogP contribution in [0.3, 0.4) is 0 Å². The molecule has 0 unspecified atom stereocenters. The first-order chi connectivity index (χ1) is 6.18. The summed E-state index contributed by atoms with van der Waals surface area (Å²) in [6, 6.07) is -0.491. The van der Waals surface area contributed by atoms with E-state index in [4.69, 9.17) is 9.84 Å². The highest BCUT2D eigenvalue weighted by molar-refractivity contribution is 5.72. The molecule has 0 aliphatic heterocycles. The van der Waals surface area contributed by atoms with E-state index in [0.29, 0.717) is 13.2 Å². The van der Waals surface area contributed by atoms with E-state index in [1.807, 2.05) is 0 Å². The van der Waals surface area contributed by atoms with Gasteiger partial charge < -0.3 is 15.2 Å². The maximum Gasteiger partial charge on any atom is 0.320 e. The Morgan fingerprint density at radius 2 is 2.23 bits per heavy atom. The molecule has 0 aromatic rings. The van der Waals surface area contributed by atoms with Gasteiger partial charge >= 0.3 is 5.97 Å². The highest BCUT2D eigenvalue weighted by Gasteiger charge is 2.07. The number of nitrogens with one attached hydrogen (secondary N) is 1. The number of hydrogen-bond acceptors (Lipinski definition) is 3. The SMILES string of the molecule is CCCCOCCN[C@H](C)C(=O)O. The smallest absolute Gasteiger partial charge is 0.320 e. The molecule has 0 aromatic carbocycles. The van der Waals surface area contributed by atoms with Crippen LogP contribution < -0.4 is 5.32 Å². The van der Waals surface area contributed by atoms with Gasteiger partial charge in [-0.25, -0.2) is 0 Å². The molecule has 1 atom stereocenters. The summed E-state index contributed by atoms with van der Waals surface area (Å²) in [5, 5.41) is 11.4. The van der Waals surface area contributed by atoms with Gasteiger partial charge in [-0.05, 0) is 13.3 Å². The minimum Gasteiger partial charge on any atom is -0.480 e. The second-order valence-electron chi connectivity index (χ2n) is 2.98. The van der Waals surface area contributed by atoms with Gasteiger partial charge in [0.05, 0.1) is 6.61 Å². The molecule has 78 valence electrons. The molecule has 0 spiro atoms. The van der Waals surface area contributed by atoms with Crippen LogP contribution in [0.5, 0.6) is 0 Å². The number of ether oxygens (including phenoxy) is 1. The first kappa shape index (κ1) is 12.4. The third kappa shape index (κ3) is 7.74. The molecule has 0 saturated carbocycles. The Bertz CT molecular complexity index is 139. The third-order valence-corrected chi connectivity index (χ3v) is 1.71. The van der Waals surface area contributed by atoms with Crippen molar-refractivity contribution in [2.45, 2.75) is 32.7 Å². The van der Waals surface area contributed by atoms with Gasteiger partial charge in [-0.1, -0.05) is 13.3 Å². The van der Waals surface area contributed by atoms with Crippen molar-refractivity contribution in [3.8, 4) is 0 Å². The van der Waals surface area contributed by atoms with Crippen molar-refractivity contribution in [2.24, 2.45) is 0 Å². The Morgan fingerprint density at radius 1 is 1.54 bits per heavy atom. The van der Waals surface area contributed by atoms with Crippen LogP contribution in [0.25, 0.3) is 0 Å². The summed E-state index contributed by atoms with van der Waals surface area (Å²) in [5.74, 6) is -0.825. The van der Waals surface area contributed by atoms with Crippen LogP contribution >= 0.6 is 0 Å². The number of aliphatic carboxylic acids is 1. The second-order valence-corrected chi connectivity index (χ2v) is 2.98. The summed E-state index contributed by atoms with van der Waals surface area (Å²) in [5.41, 5.74) is 0. The fraction of sp³-hybridized carbons (Fsp3) is 0.889. The van der Waals surface area contributed by atoms with Crippen LogP contribution in [-0.4, -0.2) is 36.9 Å². The van der Waals surface area contributed by atoms with Crippen molar-refractivity contribution >= 4 is 5.97 Å². The number of rotatable bonds is 8. The molecular formula is C9H19NO3. The van der Waals surface area contributed by atoms with Gasteiger partial charge in [0.1, 0.15) is 6.04 Å². The zero-order valence-electron chi connectivity index (χ0n) is 8.38. The number of carboxylic acid groups (broad SMARTS) is 1. The fourth-order valence-corrected chi connectivity index (χ4v) is 0.783. The maximum absolute atomic E-state index is 10.4. The van der Waals surface area contributed by atoms with Crippen LogP contribution in [0.1, 0.15) is 26.7 Å². The van der Waals surface area contributed by atoms with E-state index in [1.165, 1.54) is 0 Å². The minimum atomic E-state index is -0.825. The quantitative estimate of drug-likeness (QED) is 0.556. The average Bonchev–Trinajstić information content (AvgIpc) is 2.10. The standard InChI is InChI=1S/C9H19NO3/c1-3-4-6-13-7-5-10-8(2)9(11)12/h8,10H,3-7H2,1-2H3,(H,11,12)/t8-/m1/s1. The van der Waals surface area contributed by atoms with E-state index >= 15 is 0 Å². The maximum atomic E-state index is 10.4. The lowest BCUT2D eigenvalue weighted by Gasteiger charge is -2.08. The van der Waals surface area contributed by atoms with Gasteiger partial charge in [0.15, 0.2) is 0 Å². The molecule has 0 radical (unpaired) electrons. The molecule has 0 amide bonds. The highest BCUT2D eigenvalue weighted by atomic mass is 16.5. The van der Waals surface area contributed by atoms with Gasteiger partial charge in [0.2, 0.25) is 0 Å². The molecule has 0 fully saturated rings. The summed E-state index contributed by atoms with van der Waals surface area (Å²) in [6.07, 6.45) is 2.19. The number of unbranched alkanes of at least 4 members (excludes halogenated alkanes) is 1. The summed E-state index contributed by atoms with van der Waals surface area (Å²) in [7, 11) is 0. The van der Waals surface area contributed by atoms with Crippen LogP contribution in [0, 0.1) is 0 Å². The molecule has 4 nitrogen and oxygen atoms in total. The van der Waals surface area contributed by atoms with Gasteiger partial charge in [-0.15, -0.1) is 0 Å². The molecule has 0 heterocycles. The lowest BCUT2D eigenvalue weighted by molar-refractivity contribution is -0.139.